The highest BCUT2D eigenvalue weighted by molar-refractivity contribution is 5.87. The minimum atomic E-state index is 0.0862. The van der Waals surface area contributed by atoms with E-state index in [0.29, 0.717) is 0 Å². The van der Waals surface area contributed by atoms with Crippen molar-refractivity contribution in [1.82, 2.24) is 0 Å². The third kappa shape index (κ3) is 5.15. The van der Waals surface area contributed by atoms with E-state index in [9.17, 15) is 4.79 Å². The quantitative estimate of drug-likeness (QED) is 0.390. The zero-order valence-electron chi connectivity index (χ0n) is 5.22. The van der Waals surface area contributed by atoms with Crippen LogP contribution in [0.4, 0.5) is 0 Å². The second-order valence-electron chi connectivity index (χ2n) is 1.50. The molecule has 0 amide bonds. The molecule has 0 aliphatic heterocycles. The summed E-state index contributed by atoms with van der Waals surface area (Å²) in [6, 6.07) is 0. The Morgan fingerprint density at radius 3 is 2.38 bits per heavy atom. The van der Waals surface area contributed by atoms with Gasteiger partial charge in [0.1, 0.15) is 0 Å². The van der Waals surface area contributed by atoms with Gasteiger partial charge in [0.15, 0.2) is 5.78 Å². The first-order valence-corrected chi connectivity index (χ1v) is 2.57. The molecule has 0 N–H and O–H groups in total. The van der Waals surface area contributed by atoms with Crippen LogP contribution in [-0.2, 0) is 4.79 Å². The summed E-state index contributed by atoms with van der Waals surface area (Å²) in [6.07, 6.45) is 6.95. The van der Waals surface area contributed by atoms with E-state index in [-0.39, 0.29) is 5.78 Å². The largest absolute Gasteiger partial charge is 0.295 e. The Balaban J connectivity index is 3.50. The van der Waals surface area contributed by atoms with Crippen LogP contribution < -0.4 is 0 Å². The molecule has 0 rings (SSSR count). The summed E-state index contributed by atoms with van der Waals surface area (Å²) in [5.41, 5.74) is 0. The molecule has 0 aliphatic carbocycles. The standard InChI is InChI=1S/C7H10O/c1-3-4-5-6-7(2)8/h3-6H,1-2H3/b4-3-,6-5-. The zero-order valence-corrected chi connectivity index (χ0v) is 5.22. The van der Waals surface area contributed by atoms with Crippen LogP contribution in [0.3, 0.4) is 0 Å². The highest BCUT2D eigenvalue weighted by Crippen LogP contribution is 1.76. The second kappa shape index (κ2) is 4.31. The van der Waals surface area contributed by atoms with Crippen LogP contribution in [0.25, 0.3) is 0 Å². The van der Waals surface area contributed by atoms with Crippen molar-refractivity contribution in [2.24, 2.45) is 0 Å². The molecule has 8 heavy (non-hydrogen) atoms. The van der Waals surface area contributed by atoms with Gasteiger partial charge in [-0.1, -0.05) is 18.2 Å². The first-order chi connectivity index (χ1) is 3.77. The Labute approximate surface area is 49.7 Å². The van der Waals surface area contributed by atoms with Crippen LogP contribution in [-0.4, -0.2) is 5.78 Å². The van der Waals surface area contributed by atoms with Gasteiger partial charge in [0.2, 0.25) is 0 Å². The van der Waals surface area contributed by atoms with Gasteiger partial charge >= 0.3 is 0 Å². The highest BCUT2D eigenvalue weighted by atomic mass is 16.1. The minimum Gasteiger partial charge on any atom is -0.295 e. The lowest BCUT2D eigenvalue weighted by Crippen LogP contribution is -1.76. The fourth-order valence-corrected chi connectivity index (χ4v) is 0.302. The molecule has 0 spiro atoms. The van der Waals surface area contributed by atoms with Gasteiger partial charge in [0, 0.05) is 0 Å². The van der Waals surface area contributed by atoms with Gasteiger partial charge in [-0.15, -0.1) is 0 Å². The summed E-state index contributed by atoms with van der Waals surface area (Å²) < 4.78 is 0. The fourth-order valence-electron chi connectivity index (χ4n) is 0.302. The molecule has 1 heteroatoms. The minimum absolute atomic E-state index is 0.0862. The van der Waals surface area contributed by atoms with Gasteiger partial charge in [-0.05, 0) is 19.9 Å². The molecule has 0 fully saturated rings. The van der Waals surface area contributed by atoms with Crippen molar-refractivity contribution >= 4 is 5.78 Å². The predicted molar refractivity (Wildman–Crippen MR) is 34.6 cm³/mol. The molecule has 0 saturated heterocycles. The SMILES string of the molecule is C/C=C\C=C/C(C)=O. The first-order valence-electron chi connectivity index (χ1n) is 2.57. The van der Waals surface area contributed by atoms with Crippen LogP contribution in [0.5, 0.6) is 0 Å². The molecular formula is C7H10O. The van der Waals surface area contributed by atoms with Crippen molar-refractivity contribution in [1.29, 1.82) is 0 Å². The number of carbonyl (C=O) groups excluding carboxylic acids is 1. The van der Waals surface area contributed by atoms with Crippen molar-refractivity contribution in [3.63, 3.8) is 0 Å². The van der Waals surface area contributed by atoms with E-state index in [4.69, 9.17) is 0 Å². The molecule has 44 valence electrons. The van der Waals surface area contributed by atoms with Crippen molar-refractivity contribution < 1.29 is 4.79 Å². The van der Waals surface area contributed by atoms with E-state index in [1.807, 2.05) is 19.1 Å². The molecule has 0 aliphatic rings. The molecule has 0 aromatic heterocycles. The number of ketones is 1. The van der Waals surface area contributed by atoms with E-state index in [1.54, 1.807) is 6.08 Å². The lowest BCUT2D eigenvalue weighted by atomic mass is 10.4. The molecule has 0 bridgehead atoms. The first kappa shape index (κ1) is 7.15. The number of allylic oxidation sites excluding steroid dienone is 4. The van der Waals surface area contributed by atoms with E-state index in [1.165, 1.54) is 13.0 Å². The zero-order chi connectivity index (χ0) is 6.41. The molecule has 0 aromatic carbocycles. The number of hydrogen-bond acceptors (Lipinski definition) is 1. The lowest BCUT2D eigenvalue weighted by molar-refractivity contribution is -0.112. The Hall–Kier alpha value is -0.850. The van der Waals surface area contributed by atoms with Crippen LogP contribution in [0.1, 0.15) is 13.8 Å². The van der Waals surface area contributed by atoms with Crippen LogP contribution >= 0.6 is 0 Å². The molecule has 0 unspecified atom stereocenters. The highest BCUT2D eigenvalue weighted by Gasteiger charge is 1.74. The summed E-state index contributed by atoms with van der Waals surface area (Å²) in [4.78, 5) is 10.2. The number of rotatable bonds is 2. The molecule has 0 saturated carbocycles. The van der Waals surface area contributed by atoms with Crippen LogP contribution in [0, 0.1) is 0 Å². The van der Waals surface area contributed by atoms with E-state index >= 15 is 0 Å². The Bertz CT molecular complexity index is 120. The van der Waals surface area contributed by atoms with Gasteiger partial charge in [-0.2, -0.15) is 0 Å². The maximum atomic E-state index is 10.2. The third-order valence-corrected chi connectivity index (χ3v) is 0.634. The van der Waals surface area contributed by atoms with Gasteiger partial charge in [-0.3, -0.25) is 4.79 Å². The van der Waals surface area contributed by atoms with Gasteiger partial charge in [0.25, 0.3) is 0 Å². The predicted octanol–water partition coefficient (Wildman–Crippen LogP) is 1.71. The van der Waals surface area contributed by atoms with Crippen LogP contribution in [0.2, 0.25) is 0 Å². The van der Waals surface area contributed by atoms with Crippen molar-refractivity contribution in [2.45, 2.75) is 13.8 Å². The Kier molecular flexibility index (Phi) is 3.85. The molecule has 0 atom stereocenters. The summed E-state index contributed by atoms with van der Waals surface area (Å²) in [6.45, 7) is 3.43. The van der Waals surface area contributed by atoms with Crippen LogP contribution in [0.15, 0.2) is 24.3 Å². The number of carbonyl (C=O) groups is 1. The molecule has 0 heterocycles. The van der Waals surface area contributed by atoms with Crippen molar-refractivity contribution in [2.75, 3.05) is 0 Å². The average molecular weight is 110 g/mol. The molecule has 0 aromatic rings. The summed E-state index contributed by atoms with van der Waals surface area (Å²) >= 11 is 0. The topological polar surface area (TPSA) is 17.1 Å². The van der Waals surface area contributed by atoms with E-state index in [0.717, 1.165) is 0 Å². The number of hydrogen-bond donors (Lipinski definition) is 0. The second-order valence-corrected chi connectivity index (χ2v) is 1.50. The smallest absolute Gasteiger partial charge is 0.152 e. The molecule has 1 nitrogen and oxygen atoms in total. The van der Waals surface area contributed by atoms with Gasteiger partial charge in [-0.25, -0.2) is 0 Å². The normalized spacial score (nSPS) is 11.2. The monoisotopic (exact) mass is 110 g/mol. The van der Waals surface area contributed by atoms with Crippen molar-refractivity contribution in [3.8, 4) is 0 Å². The lowest BCUT2D eigenvalue weighted by Gasteiger charge is -1.72. The summed E-state index contributed by atoms with van der Waals surface area (Å²) in [5.74, 6) is 0.0862. The van der Waals surface area contributed by atoms with Crippen molar-refractivity contribution in [3.05, 3.63) is 24.3 Å². The molecule has 0 radical (unpaired) electrons. The Morgan fingerprint density at radius 1 is 1.38 bits per heavy atom. The maximum Gasteiger partial charge on any atom is 0.152 e. The maximum absolute atomic E-state index is 10.2. The summed E-state index contributed by atoms with van der Waals surface area (Å²) in [7, 11) is 0. The van der Waals surface area contributed by atoms with Gasteiger partial charge in [0.05, 0.1) is 0 Å². The van der Waals surface area contributed by atoms with E-state index < -0.39 is 0 Å². The fraction of sp³-hybridized carbons (Fsp3) is 0.286. The van der Waals surface area contributed by atoms with E-state index in [2.05, 4.69) is 0 Å². The summed E-state index contributed by atoms with van der Waals surface area (Å²) in [5, 5.41) is 0. The average Bonchev–Trinajstić information content (AvgIpc) is 1.66. The molecular weight excluding hydrogens is 100 g/mol. The third-order valence-electron chi connectivity index (χ3n) is 0.634. The Morgan fingerprint density at radius 2 is 2.00 bits per heavy atom. The van der Waals surface area contributed by atoms with Gasteiger partial charge < -0.3 is 0 Å².